The molecule has 1 aliphatic rings. The Labute approximate surface area is 93.4 Å². The Morgan fingerprint density at radius 1 is 1.75 bits per heavy atom. The zero-order valence-electron chi connectivity index (χ0n) is 9.28. The van der Waals surface area contributed by atoms with E-state index in [1.807, 2.05) is 6.92 Å². The summed E-state index contributed by atoms with van der Waals surface area (Å²) in [5.74, 6) is 0.447. The first kappa shape index (κ1) is 10.7. The quantitative estimate of drug-likeness (QED) is 0.823. The molecule has 1 aliphatic carbocycles. The molecule has 84 valence electrons. The molecule has 0 saturated heterocycles. The first-order valence-corrected chi connectivity index (χ1v) is 5.22. The molecule has 1 amide bonds. The predicted molar refractivity (Wildman–Crippen MR) is 56.3 cm³/mol. The topological polar surface area (TPSA) is 78.9 Å². The van der Waals surface area contributed by atoms with Crippen molar-refractivity contribution in [2.45, 2.75) is 26.7 Å². The number of nitriles is 1. The zero-order valence-corrected chi connectivity index (χ0v) is 9.28. The van der Waals surface area contributed by atoms with Crippen LogP contribution < -0.4 is 5.32 Å². The summed E-state index contributed by atoms with van der Waals surface area (Å²) in [6, 6.07) is 3.73. The van der Waals surface area contributed by atoms with Crippen LogP contribution in [-0.2, 0) is 4.79 Å². The minimum Gasteiger partial charge on any atom is -0.338 e. The number of nitrogens with one attached hydrogen (secondary N) is 1. The van der Waals surface area contributed by atoms with Gasteiger partial charge in [-0.15, -0.1) is 0 Å². The Balaban J connectivity index is 2.06. The molecule has 1 aromatic rings. The summed E-state index contributed by atoms with van der Waals surface area (Å²) >= 11 is 0. The van der Waals surface area contributed by atoms with Gasteiger partial charge in [-0.05, 0) is 25.7 Å². The lowest BCUT2D eigenvalue weighted by Crippen LogP contribution is -2.44. The van der Waals surface area contributed by atoms with Crippen molar-refractivity contribution in [2.24, 2.45) is 11.3 Å². The van der Waals surface area contributed by atoms with Crippen molar-refractivity contribution in [3.63, 3.8) is 0 Å². The van der Waals surface area contributed by atoms with Crippen molar-refractivity contribution >= 4 is 11.8 Å². The number of nitrogens with zero attached hydrogens (tertiary/aromatic N) is 2. The van der Waals surface area contributed by atoms with Gasteiger partial charge in [-0.1, -0.05) is 12.1 Å². The molecule has 1 fully saturated rings. The van der Waals surface area contributed by atoms with Crippen molar-refractivity contribution in [1.82, 2.24) is 5.16 Å². The smallest absolute Gasteiger partial charge is 0.247 e. The summed E-state index contributed by atoms with van der Waals surface area (Å²) in [4.78, 5) is 11.9. The second kappa shape index (κ2) is 3.63. The first-order valence-electron chi connectivity index (χ1n) is 5.22. The molecule has 5 nitrogen and oxygen atoms in total. The number of hydrogen-bond acceptors (Lipinski definition) is 4. The standard InChI is InChI=1S/C11H13N3O2/c1-7-4-11(5-7,6-12)10(15)13-9-3-8(2)14-16-9/h3,7H,4-5H2,1-2H3,(H,13,15). The van der Waals surface area contributed by atoms with Crippen molar-refractivity contribution in [3.8, 4) is 6.07 Å². The molecule has 2 rings (SSSR count). The number of hydrogen-bond donors (Lipinski definition) is 1. The van der Waals surface area contributed by atoms with E-state index in [2.05, 4.69) is 16.5 Å². The fourth-order valence-corrected chi connectivity index (χ4v) is 2.11. The minimum atomic E-state index is -0.875. The van der Waals surface area contributed by atoms with Crippen molar-refractivity contribution < 1.29 is 9.32 Å². The van der Waals surface area contributed by atoms with Gasteiger partial charge < -0.3 is 4.52 Å². The largest absolute Gasteiger partial charge is 0.338 e. The first-order chi connectivity index (χ1) is 7.55. The number of aromatic nitrogens is 1. The lowest BCUT2D eigenvalue weighted by atomic mass is 9.63. The van der Waals surface area contributed by atoms with Crippen LogP contribution in [-0.4, -0.2) is 11.1 Å². The summed E-state index contributed by atoms with van der Waals surface area (Å²) < 4.78 is 4.88. The molecule has 0 atom stereocenters. The number of carbonyl (C=O) groups is 1. The van der Waals surface area contributed by atoms with E-state index in [0.29, 0.717) is 30.3 Å². The van der Waals surface area contributed by atoms with E-state index in [1.54, 1.807) is 13.0 Å². The highest BCUT2D eigenvalue weighted by Gasteiger charge is 2.49. The number of anilines is 1. The van der Waals surface area contributed by atoms with Crippen molar-refractivity contribution in [2.75, 3.05) is 5.32 Å². The molecule has 1 heterocycles. The molecule has 0 spiro atoms. The Kier molecular flexibility index (Phi) is 2.43. The van der Waals surface area contributed by atoms with Crippen LogP contribution in [0.2, 0.25) is 0 Å². The fraction of sp³-hybridized carbons (Fsp3) is 0.545. The van der Waals surface area contributed by atoms with Crippen LogP contribution in [0.15, 0.2) is 10.6 Å². The van der Waals surface area contributed by atoms with Crippen LogP contribution in [0.4, 0.5) is 5.88 Å². The van der Waals surface area contributed by atoms with E-state index in [4.69, 9.17) is 9.78 Å². The van der Waals surface area contributed by atoms with Gasteiger partial charge in [0, 0.05) is 6.07 Å². The van der Waals surface area contributed by atoms with Gasteiger partial charge in [0.05, 0.1) is 11.8 Å². The molecule has 0 aliphatic heterocycles. The van der Waals surface area contributed by atoms with Gasteiger partial charge in [0.15, 0.2) is 0 Å². The van der Waals surface area contributed by atoms with E-state index in [1.165, 1.54) is 0 Å². The molecule has 16 heavy (non-hydrogen) atoms. The maximum atomic E-state index is 11.9. The van der Waals surface area contributed by atoms with Gasteiger partial charge in [-0.25, -0.2) is 0 Å². The summed E-state index contributed by atoms with van der Waals surface area (Å²) in [5.41, 5.74) is -0.177. The van der Waals surface area contributed by atoms with Gasteiger partial charge >= 0.3 is 0 Å². The predicted octanol–water partition coefficient (Wildman–Crippen LogP) is 1.86. The van der Waals surface area contributed by atoms with Crippen LogP contribution in [0.25, 0.3) is 0 Å². The average molecular weight is 219 g/mol. The summed E-state index contributed by atoms with van der Waals surface area (Å²) in [5, 5.41) is 15.3. The van der Waals surface area contributed by atoms with E-state index in [0.717, 1.165) is 0 Å². The molecule has 0 unspecified atom stereocenters. The monoisotopic (exact) mass is 219 g/mol. The summed E-state index contributed by atoms with van der Waals surface area (Å²) in [6.07, 6.45) is 1.23. The average Bonchev–Trinajstić information content (AvgIpc) is 2.58. The molecular formula is C11H13N3O2. The molecule has 0 bridgehead atoms. The summed E-state index contributed by atoms with van der Waals surface area (Å²) in [6.45, 7) is 3.80. The zero-order chi connectivity index (χ0) is 11.8. The van der Waals surface area contributed by atoms with Gasteiger partial charge in [0.25, 0.3) is 0 Å². The number of aryl methyl sites for hydroxylation is 1. The molecule has 1 saturated carbocycles. The molecule has 0 aromatic carbocycles. The highest BCUT2D eigenvalue weighted by atomic mass is 16.5. The third kappa shape index (κ3) is 1.67. The SMILES string of the molecule is Cc1cc(NC(=O)C2(C#N)CC(C)C2)on1. The second-order valence-electron chi connectivity index (χ2n) is 4.49. The maximum Gasteiger partial charge on any atom is 0.247 e. The van der Waals surface area contributed by atoms with Crippen LogP contribution >= 0.6 is 0 Å². The second-order valence-corrected chi connectivity index (χ2v) is 4.49. The van der Waals surface area contributed by atoms with E-state index >= 15 is 0 Å². The van der Waals surface area contributed by atoms with Crippen LogP contribution in [0.1, 0.15) is 25.5 Å². The lowest BCUT2D eigenvalue weighted by Gasteiger charge is -2.38. The maximum absolute atomic E-state index is 11.9. The number of rotatable bonds is 2. The van der Waals surface area contributed by atoms with Gasteiger partial charge in [-0.2, -0.15) is 5.26 Å². The summed E-state index contributed by atoms with van der Waals surface area (Å²) in [7, 11) is 0. The molecule has 0 radical (unpaired) electrons. The third-order valence-electron chi connectivity index (χ3n) is 2.91. The number of carbonyl (C=O) groups excluding carboxylic acids is 1. The molecule has 5 heteroatoms. The molecule has 1 aromatic heterocycles. The molecule has 1 N–H and O–H groups in total. The van der Waals surface area contributed by atoms with Gasteiger partial charge in [-0.3, -0.25) is 10.1 Å². The van der Waals surface area contributed by atoms with Gasteiger partial charge in [0.1, 0.15) is 5.41 Å². The highest BCUT2D eigenvalue weighted by molar-refractivity contribution is 5.97. The van der Waals surface area contributed by atoms with E-state index in [-0.39, 0.29) is 5.91 Å². The number of amides is 1. The van der Waals surface area contributed by atoms with Crippen LogP contribution in [0.5, 0.6) is 0 Å². The Morgan fingerprint density at radius 3 is 2.88 bits per heavy atom. The highest BCUT2D eigenvalue weighted by Crippen LogP contribution is 2.45. The van der Waals surface area contributed by atoms with Gasteiger partial charge in [0.2, 0.25) is 11.8 Å². The van der Waals surface area contributed by atoms with Crippen molar-refractivity contribution in [1.29, 1.82) is 5.26 Å². The molecular weight excluding hydrogens is 206 g/mol. The minimum absolute atomic E-state index is 0.288. The Bertz CT molecular complexity index is 452. The Hall–Kier alpha value is -1.83. The van der Waals surface area contributed by atoms with E-state index < -0.39 is 5.41 Å². The van der Waals surface area contributed by atoms with Crippen LogP contribution in [0.3, 0.4) is 0 Å². The van der Waals surface area contributed by atoms with Crippen LogP contribution in [0, 0.1) is 29.6 Å². The van der Waals surface area contributed by atoms with Crippen molar-refractivity contribution in [3.05, 3.63) is 11.8 Å². The normalized spacial score (nSPS) is 27.9. The third-order valence-corrected chi connectivity index (χ3v) is 2.91. The fourth-order valence-electron chi connectivity index (χ4n) is 2.11. The Morgan fingerprint density at radius 2 is 2.44 bits per heavy atom. The lowest BCUT2D eigenvalue weighted by molar-refractivity contribution is -0.128. The van der Waals surface area contributed by atoms with E-state index in [9.17, 15) is 4.79 Å².